The number of carbonyl (C=O) groups is 2. The van der Waals surface area contributed by atoms with Gasteiger partial charge in [-0.1, -0.05) is 6.92 Å². The minimum atomic E-state index is -0.746. The molecule has 0 aliphatic carbocycles. The van der Waals surface area contributed by atoms with Gasteiger partial charge in [-0.25, -0.2) is 10.2 Å². The molecule has 6 N–H and O–H groups in total. The van der Waals surface area contributed by atoms with E-state index in [1.807, 2.05) is 0 Å². The van der Waals surface area contributed by atoms with Gasteiger partial charge < -0.3 is 11.5 Å². The zero-order valence-corrected chi connectivity index (χ0v) is 6.26. The summed E-state index contributed by atoms with van der Waals surface area (Å²) in [6.07, 6.45) is 0.496. The van der Waals surface area contributed by atoms with Crippen LogP contribution in [0, 0.1) is 0 Å². The maximum absolute atomic E-state index is 10.5. The van der Waals surface area contributed by atoms with Crippen molar-refractivity contribution in [2.24, 2.45) is 11.5 Å². The number of urea groups is 1. The Morgan fingerprint density at radius 3 is 2.27 bits per heavy atom. The van der Waals surface area contributed by atoms with Gasteiger partial charge in [-0.15, -0.1) is 0 Å². The first-order valence-electron chi connectivity index (χ1n) is 3.18. The Hall–Kier alpha value is -1.30. The van der Waals surface area contributed by atoms with E-state index in [0.29, 0.717) is 6.42 Å². The predicted octanol–water partition coefficient (Wildman–Crippen LogP) is -1.58. The molecule has 0 heterocycles. The standard InChI is InChI=1S/C5H12N4O2/c1-2-3(4(6)10)8-9-5(7)11/h3,8H,2H2,1H3,(H2,6,10)(H3,7,9,11). The van der Waals surface area contributed by atoms with Gasteiger partial charge in [0.05, 0.1) is 0 Å². The number of hydrazine groups is 1. The highest BCUT2D eigenvalue weighted by Gasteiger charge is 2.11. The Bertz CT molecular complexity index is 159. The smallest absolute Gasteiger partial charge is 0.326 e. The van der Waals surface area contributed by atoms with E-state index in [2.05, 4.69) is 10.9 Å². The normalized spacial score (nSPS) is 12.1. The van der Waals surface area contributed by atoms with Crippen LogP contribution < -0.4 is 22.3 Å². The third kappa shape index (κ3) is 4.15. The fraction of sp³-hybridized carbons (Fsp3) is 0.600. The van der Waals surface area contributed by atoms with Crippen LogP contribution >= 0.6 is 0 Å². The number of hydrogen-bond donors (Lipinski definition) is 4. The minimum Gasteiger partial charge on any atom is -0.368 e. The van der Waals surface area contributed by atoms with Crippen molar-refractivity contribution in [3.8, 4) is 0 Å². The second-order valence-corrected chi connectivity index (χ2v) is 2.00. The van der Waals surface area contributed by atoms with Gasteiger partial charge in [0, 0.05) is 0 Å². The maximum atomic E-state index is 10.5. The molecule has 6 heteroatoms. The van der Waals surface area contributed by atoms with Gasteiger partial charge >= 0.3 is 6.03 Å². The van der Waals surface area contributed by atoms with E-state index in [-0.39, 0.29) is 0 Å². The molecule has 0 spiro atoms. The number of nitrogens with two attached hydrogens (primary N) is 2. The van der Waals surface area contributed by atoms with Crippen LogP contribution in [0.25, 0.3) is 0 Å². The fourth-order valence-corrected chi connectivity index (χ4v) is 0.533. The highest BCUT2D eigenvalue weighted by atomic mass is 16.2. The van der Waals surface area contributed by atoms with Crippen molar-refractivity contribution >= 4 is 11.9 Å². The summed E-state index contributed by atoms with van der Waals surface area (Å²) in [5.74, 6) is -0.527. The number of hydrogen-bond acceptors (Lipinski definition) is 3. The van der Waals surface area contributed by atoms with E-state index in [1.165, 1.54) is 0 Å². The van der Waals surface area contributed by atoms with Crippen LogP contribution in [-0.2, 0) is 4.79 Å². The Morgan fingerprint density at radius 1 is 1.45 bits per heavy atom. The minimum absolute atomic E-state index is 0.496. The molecule has 0 saturated carbocycles. The SMILES string of the molecule is CCC(NNC(N)=O)C(N)=O. The predicted molar refractivity (Wildman–Crippen MR) is 39.1 cm³/mol. The summed E-state index contributed by atoms with van der Waals surface area (Å²) in [6.45, 7) is 1.76. The molecule has 0 bridgehead atoms. The van der Waals surface area contributed by atoms with Crippen molar-refractivity contribution in [1.29, 1.82) is 0 Å². The second kappa shape index (κ2) is 4.51. The van der Waals surface area contributed by atoms with Crippen LogP contribution in [0.1, 0.15) is 13.3 Å². The van der Waals surface area contributed by atoms with E-state index in [1.54, 1.807) is 6.92 Å². The number of nitrogens with one attached hydrogen (secondary N) is 2. The van der Waals surface area contributed by atoms with Crippen LogP contribution in [0.3, 0.4) is 0 Å². The van der Waals surface area contributed by atoms with E-state index >= 15 is 0 Å². The summed E-state index contributed by atoms with van der Waals surface area (Å²) >= 11 is 0. The topological polar surface area (TPSA) is 110 Å². The third-order valence-corrected chi connectivity index (χ3v) is 1.12. The average Bonchev–Trinajstić information content (AvgIpc) is 1.87. The van der Waals surface area contributed by atoms with E-state index in [0.717, 1.165) is 0 Å². The van der Waals surface area contributed by atoms with Gasteiger partial charge in [0.2, 0.25) is 5.91 Å². The van der Waals surface area contributed by atoms with Crippen molar-refractivity contribution in [1.82, 2.24) is 10.9 Å². The Kier molecular flexibility index (Phi) is 3.97. The molecule has 1 atom stereocenters. The van der Waals surface area contributed by atoms with Gasteiger partial charge in [-0.05, 0) is 6.42 Å². The number of primary amides is 2. The maximum Gasteiger partial charge on any atom is 0.326 e. The molecule has 0 aliphatic rings. The first-order chi connectivity index (χ1) is 5.07. The lowest BCUT2D eigenvalue weighted by Gasteiger charge is -2.11. The van der Waals surface area contributed by atoms with Crippen molar-refractivity contribution in [3.63, 3.8) is 0 Å². The first kappa shape index (κ1) is 9.70. The Labute approximate surface area is 64.3 Å². The molecule has 1 unspecified atom stereocenters. The van der Waals surface area contributed by atoms with Gasteiger partial charge in [0.25, 0.3) is 0 Å². The quantitative estimate of drug-likeness (QED) is 0.372. The average molecular weight is 160 g/mol. The van der Waals surface area contributed by atoms with Crippen molar-refractivity contribution in [2.45, 2.75) is 19.4 Å². The number of carbonyl (C=O) groups excluding carboxylic acids is 2. The van der Waals surface area contributed by atoms with Crippen molar-refractivity contribution in [3.05, 3.63) is 0 Å². The zero-order chi connectivity index (χ0) is 8.85. The molecular weight excluding hydrogens is 148 g/mol. The summed E-state index contributed by atoms with van der Waals surface area (Å²) in [5, 5.41) is 0. The van der Waals surface area contributed by atoms with E-state index in [9.17, 15) is 9.59 Å². The lowest BCUT2D eigenvalue weighted by molar-refractivity contribution is -0.120. The molecule has 11 heavy (non-hydrogen) atoms. The largest absolute Gasteiger partial charge is 0.368 e. The van der Waals surface area contributed by atoms with Crippen molar-refractivity contribution < 1.29 is 9.59 Å². The number of amides is 3. The molecule has 6 nitrogen and oxygen atoms in total. The highest BCUT2D eigenvalue weighted by Crippen LogP contribution is 1.85. The molecule has 0 aliphatic heterocycles. The fourth-order valence-electron chi connectivity index (χ4n) is 0.533. The number of rotatable bonds is 4. The Morgan fingerprint density at radius 2 is 2.00 bits per heavy atom. The van der Waals surface area contributed by atoms with E-state index < -0.39 is 18.0 Å². The van der Waals surface area contributed by atoms with Crippen LogP contribution in [0.5, 0.6) is 0 Å². The molecule has 0 saturated heterocycles. The Balaban J connectivity index is 3.70. The lowest BCUT2D eigenvalue weighted by atomic mass is 10.2. The summed E-state index contributed by atoms with van der Waals surface area (Å²) in [6, 6.07) is -1.31. The molecule has 0 aromatic heterocycles. The van der Waals surface area contributed by atoms with Crippen LogP contribution in [0.2, 0.25) is 0 Å². The summed E-state index contributed by atoms with van der Waals surface area (Å²) in [5.41, 5.74) is 14.1. The third-order valence-electron chi connectivity index (χ3n) is 1.12. The zero-order valence-electron chi connectivity index (χ0n) is 6.26. The molecule has 0 aromatic carbocycles. The summed E-state index contributed by atoms with van der Waals surface area (Å²) in [4.78, 5) is 20.6. The van der Waals surface area contributed by atoms with Crippen LogP contribution in [-0.4, -0.2) is 18.0 Å². The van der Waals surface area contributed by atoms with Crippen LogP contribution in [0.15, 0.2) is 0 Å². The molecule has 0 rings (SSSR count). The molecule has 3 amide bonds. The van der Waals surface area contributed by atoms with Gasteiger partial charge in [-0.3, -0.25) is 10.2 Å². The van der Waals surface area contributed by atoms with E-state index in [4.69, 9.17) is 11.5 Å². The molecule has 0 fully saturated rings. The van der Waals surface area contributed by atoms with Gasteiger partial charge in [0.1, 0.15) is 6.04 Å². The summed E-state index contributed by atoms with van der Waals surface area (Å²) in [7, 11) is 0. The highest BCUT2D eigenvalue weighted by molar-refractivity contribution is 5.80. The second-order valence-electron chi connectivity index (χ2n) is 2.00. The first-order valence-corrected chi connectivity index (χ1v) is 3.18. The molecule has 64 valence electrons. The monoisotopic (exact) mass is 160 g/mol. The lowest BCUT2D eigenvalue weighted by Crippen LogP contribution is -2.51. The van der Waals surface area contributed by atoms with Gasteiger partial charge in [-0.2, -0.15) is 0 Å². The van der Waals surface area contributed by atoms with Crippen LogP contribution in [0.4, 0.5) is 4.79 Å². The molecule has 0 aromatic rings. The van der Waals surface area contributed by atoms with Gasteiger partial charge in [0.15, 0.2) is 0 Å². The molecule has 0 radical (unpaired) electrons. The van der Waals surface area contributed by atoms with Crippen molar-refractivity contribution in [2.75, 3.05) is 0 Å². The molecular formula is C5H12N4O2. The summed E-state index contributed by atoms with van der Waals surface area (Å²) < 4.78 is 0.